The molecule has 7 atom stereocenters. The third kappa shape index (κ3) is 45.2. The van der Waals surface area contributed by atoms with Crippen LogP contribution in [0.5, 0.6) is 0 Å². The number of amides is 1. The molecule has 9 nitrogen and oxygen atoms in total. The first kappa shape index (κ1) is 72.4. The Hall–Kier alpha value is -1.59. The number of aliphatic hydroxyl groups is 5. The van der Waals surface area contributed by atoms with Gasteiger partial charge in [-0.3, -0.25) is 4.79 Å². The van der Waals surface area contributed by atoms with Crippen LogP contribution in [0.1, 0.15) is 328 Å². The number of aliphatic hydroxyl groups excluding tert-OH is 5. The first-order valence-corrected chi connectivity index (χ1v) is 33.2. The second kappa shape index (κ2) is 56.7. The predicted molar refractivity (Wildman–Crippen MR) is 323 cm³/mol. The van der Waals surface area contributed by atoms with Crippen molar-refractivity contribution < 1.29 is 39.8 Å². The molecule has 1 aliphatic heterocycles. The summed E-state index contributed by atoms with van der Waals surface area (Å²) >= 11 is 0. The number of unbranched alkanes of at least 4 members (excludes halogenated alkanes) is 44. The topological polar surface area (TPSA) is 149 Å². The van der Waals surface area contributed by atoms with Crippen LogP contribution < -0.4 is 5.32 Å². The van der Waals surface area contributed by atoms with Gasteiger partial charge in [0.15, 0.2) is 6.29 Å². The van der Waals surface area contributed by atoms with E-state index in [4.69, 9.17) is 9.47 Å². The van der Waals surface area contributed by atoms with Crippen LogP contribution in [0, 0.1) is 0 Å². The maximum Gasteiger partial charge on any atom is 0.220 e. The number of allylic oxidation sites excluding steroid dienone is 5. The first-order chi connectivity index (χ1) is 37.3. The maximum atomic E-state index is 13.1. The number of hydrogen-bond donors (Lipinski definition) is 6. The summed E-state index contributed by atoms with van der Waals surface area (Å²) in [5.74, 6) is -0.181. The Morgan fingerprint density at radius 1 is 0.434 bits per heavy atom. The molecule has 0 spiro atoms. The van der Waals surface area contributed by atoms with Gasteiger partial charge < -0.3 is 40.3 Å². The molecular formula is C67H127NO8. The molecule has 0 bridgehead atoms. The van der Waals surface area contributed by atoms with Crippen LogP contribution in [0.25, 0.3) is 0 Å². The van der Waals surface area contributed by atoms with Gasteiger partial charge in [0.05, 0.1) is 25.4 Å². The van der Waals surface area contributed by atoms with Gasteiger partial charge in [0.25, 0.3) is 0 Å². The van der Waals surface area contributed by atoms with E-state index < -0.39 is 49.5 Å². The molecule has 7 unspecified atom stereocenters. The van der Waals surface area contributed by atoms with E-state index in [9.17, 15) is 30.3 Å². The molecule has 9 heteroatoms. The van der Waals surface area contributed by atoms with Gasteiger partial charge >= 0.3 is 0 Å². The van der Waals surface area contributed by atoms with Crippen LogP contribution in [0.3, 0.4) is 0 Å². The van der Waals surface area contributed by atoms with E-state index in [1.165, 1.54) is 270 Å². The Bertz CT molecular complexity index is 1290. The average molecular weight is 1070 g/mol. The molecule has 0 radical (unpaired) electrons. The minimum atomic E-state index is -1.57. The molecule has 0 aromatic carbocycles. The summed E-state index contributed by atoms with van der Waals surface area (Å²) < 4.78 is 11.3. The molecular weight excluding hydrogens is 947 g/mol. The fourth-order valence-corrected chi connectivity index (χ4v) is 10.7. The van der Waals surface area contributed by atoms with Crippen molar-refractivity contribution in [2.45, 2.75) is 371 Å². The molecule has 0 aromatic heterocycles. The Labute approximate surface area is 470 Å². The van der Waals surface area contributed by atoms with Crippen LogP contribution in [0.15, 0.2) is 36.5 Å². The second-order valence-electron chi connectivity index (χ2n) is 23.3. The van der Waals surface area contributed by atoms with Crippen molar-refractivity contribution in [3.05, 3.63) is 36.5 Å². The average Bonchev–Trinajstić information content (AvgIpc) is 3.42. The standard InChI is InChI=1S/C67H127NO8/c1-3-5-7-9-11-13-15-17-19-21-22-23-24-25-26-27-28-29-30-31-32-33-34-35-36-37-38-39-40-41-43-45-47-49-51-53-55-57-63(71)68-60(59-75-67-66(74)65(73)64(72)62(58-69)76-67)61(70)56-54-52-50-48-46-44-42-20-18-16-14-12-10-8-6-4-2/h21-22,46,48,54,56,60-62,64-67,69-70,72-74H,3-20,23-45,47,49-53,55,57-59H2,1-2H3,(H,68,71)/b22-21-,48-46+,56-54+. The highest BCUT2D eigenvalue weighted by Crippen LogP contribution is 2.23. The summed E-state index contributed by atoms with van der Waals surface area (Å²) in [6.45, 7) is 3.79. The molecule has 1 rings (SSSR count). The molecule has 76 heavy (non-hydrogen) atoms. The summed E-state index contributed by atoms with van der Waals surface area (Å²) in [6, 6.07) is -0.820. The van der Waals surface area contributed by atoms with Crippen molar-refractivity contribution in [3.63, 3.8) is 0 Å². The highest BCUT2D eigenvalue weighted by atomic mass is 16.7. The lowest BCUT2D eigenvalue weighted by Gasteiger charge is -2.40. The Morgan fingerprint density at radius 3 is 1.11 bits per heavy atom. The number of ether oxygens (including phenoxy) is 2. The van der Waals surface area contributed by atoms with E-state index in [1.54, 1.807) is 6.08 Å². The van der Waals surface area contributed by atoms with E-state index in [-0.39, 0.29) is 12.5 Å². The first-order valence-electron chi connectivity index (χ1n) is 33.2. The summed E-state index contributed by atoms with van der Waals surface area (Å²) in [6.07, 6.45) is 68.3. The molecule has 0 aromatic rings. The highest BCUT2D eigenvalue weighted by molar-refractivity contribution is 5.76. The molecule has 448 valence electrons. The van der Waals surface area contributed by atoms with E-state index in [2.05, 4.69) is 43.5 Å². The van der Waals surface area contributed by atoms with Crippen LogP contribution in [0.2, 0.25) is 0 Å². The largest absolute Gasteiger partial charge is 0.394 e. The monoisotopic (exact) mass is 1070 g/mol. The number of rotatable bonds is 58. The summed E-state index contributed by atoms with van der Waals surface area (Å²) in [4.78, 5) is 13.1. The number of carbonyl (C=O) groups is 1. The zero-order valence-corrected chi connectivity index (χ0v) is 50.0. The zero-order chi connectivity index (χ0) is 55.0. The summed E-state index contributed by atoms with van der Waals surface area (Å²) in [5.41, 5.74) is 0. The molecule has 0 saturated carbocycles. The van der Waals surface area contributed by atoms with Gasteiger partial charge in [-0.05, 0) is 57.8 Å². The minimum Gasteiger partial charge on any atom is -0.394 e. The van der Waals surface area contributed by atoms with Crippen molar-refractivity contribution in [1.82, 2.24) is 5.32 Å². The molecule has 1 heterocycles. The van der Waals surface area contributed by atoms with Crippen LogP contribution in [-0.2, 0) is 14.3 Å². The van der Waals surface area contributed by atoms with Crippen molar-refractivity contribution in [3.8, 4) is 0 Å². The molecule has 1 fully saturated rings. The molecule has 1 aliphatic rings. The second-order valence-corrected chi connectivity index (χ2v) is 23.3. The van der Waals surface area contributed by atoms with Crippen molar-refractivity contribution in [1.29, 1.82) is 0 Å². The number of hydrogen-bond acceptors (Lipinski definition) is 8. The van der Waals surface area contributed by atoms with Crippen molar-refractivity contribution in [2.24, 2.45) is 0 Å². The molecule has 6 N–H and O–H groups in total. The van der Waals surface area contributed by atoms with Crippen LogP contribution >= 0.6 is 0 Å². The molecule has 1 amide bonds. The number of carbonyl (C=O) groups excluding carboxylic acids is 1. The van der Waals surface area contributed by atoms with Crippen molar-refractivity contribution >= 4 is 5.91 Å². The Kier molecular flexibility index (Phi) is 54.0. The fraction of sp³-hybridized carbons (Fsp3) is 0.896. The Morgan fingerprint density at radius 2 is 0.750 bits per heavy atom. The van der Waals surface area contributed by atoms with Gasteiger partial charge in [-0.25, -0.2) is 0 Å². The van der Waals surface area contributed by atoms with Gasteiger partial charge in [0, 0.05) is 6.42 Å². The molecule has 0 aliphatic carbocycles. The van der Waals surface area contributed by atoms with E-state index in [0.29, 0.717) is 6.42 Å². The van der Waals surface area contributed by atoms with Crippen molar-refractivity contribution in [2.75, 3.05) is 13.2 Å². The zero-order valence-electron chi connectivity index (χ0n) is 50.0. The van der Waals surface area contributed by atoms with Gasteiger partial charge in [-0.1, -0.05) is 301 Å². The maximum absolute atomic E-state index is 13.1. The third-order valence-corrected chi connectivity index (χ3v) is 15.9. The lowest BCUT2D eigenvalue weighted by Crippen LogP contribution is -2.60. The Balaban J connectivity index is 2.07. The fourth-order valence-electron chi connectivity index (χ4n) is 10.7. The highest BCUT2D eigenvalue weighted by Gasteiger charge is 2.44. The minimum absolute atomic E-state index is 0.181. The van der Waals surface area contributed by atoms with Crippen LogP contribution in [0.4, 0.5) is 0 Å². The number of nitrogens with one attached hydrogen (secondary N) is 1. The van der Waals surface area contributed by atoms with E-state index in [1.807, 2.05) is 6.08 Å². The lowest BCUT2D eigenvalue weighted by molar-refractivity contribution is -0.302. The SMILES string of the molecule is CCCCCCCCCC/C=C\CCCCCCCCCCCCCCCCCCCCCCCCCCCC(=O)NC(COC1OC(CO)C(O)C(O)C1O)C(O)/C=C/CC/C=C/CCCCCCCCCCCC. The van der Waals surface area contributed by atoms with Crippen LogP contribution in [-0.4, -0.2) is 87.5 Å². The summed E-state index contributed by atoms with van der Waals surface area (Å²) in [5, 5.41) is 54.5. The van der Waals surface area contributed by atoms with Gasteiger partial charge in [-0.2, -0.15) is 0 Å². The molecule has 1 saturated heterocycles. The predicted octanol–water partition coefficient (Wildman–Crippen LogP) is 17.5. The third-order valence-electron chi connectivity index (χ3n) is 15.9. The quantitative estimate of drug-likeness (QED) is 0.0261. The van der Waals surface area contributed by atoms with Gasteiger partial charge in [0.1, 0.15) is 24.4 Å². The normalized spacial score (nSPS) is 19.0. The van der Waals surface area contributed by atoms with E-state index in [0.717, 1.165) is 38.5 Å². The summed E-state index contributed by atoms with van der Waals surface area (Å²) in [7, 11) is 0. The van der Waals surface area contributed by atoms with E-state index >= 15 is 0 Å². The lowest BCUT2D eigenvalue weighted by atomic mass is 9.99. The smallest absolute Gasteiger partial charge is 0.220 e. The van der Waals surface area contributed by atoms with Gasteiger partial charge in [0.2, 0.25) is 5.91 Å². The van der Waals surface area contributed by atoms with Gasteiger partial charge in [-0.15, -0.1) is 0 Å².